The van der Waals surface area contributed by atoms with Gasteiger partial charge in [0.25, 0.3) is 11.8 Å². The minimum Gasteiger partial charge on any atom is -0.465 e. The Hall–Kier alpha value is -4.20. The lowest BCUT2D eigenvalue weighted by Gasteiger charge is -2.09. The van der Waals surface area contributed by atoms with Crippen LogP contribution in [-0.4, -0.2) is 30.8 Å². The topological polar surface area (TPSA) is 125 Å². The van der Waals surface area contributed by atoms with E-state index in [1.54, 1.807) is 36.4 Å². The average Bonchev–Trinajstić information content (AvgIpc) is 3.28. The highest BCUT2D eigenvalue weighted by molar-refractivity contribution is 6.07. The van der Waals surface area contributed by atoms with Crippen LogP contribution >= 0.6 is 0 Å². The van der Waals surface area contributed by atoms with Crippen molar-refractivity contribution in [2.75, 3.05) is 12.4 Å². The summed E-state index contributed by atoms with van der Waals surface area (Å²) in [5.41, 5.74) is 1.52. The van der Waals surface area contributed by atoms with Gasteiger partial charge in [-0.1, -0.05) is 6.07 Å². The molecule has 0 saturated carbocycles. The van der Waals surface area contributed by atoms with Gasteiger partial charge in [-0.05, 0) is 54.6 Å². The number of rotatable bonds is 5. The van der Waals surface area contributed by atoms with Crippen LogP contribution in [0.3, 0.4) is 0 Å². The summed E-state index contributed by atoms with van der Waals surface area (Å²) in [7, 11) is 1.29. The lowest BCUT2D eigenvalue weighted by Crippen LogP contribution is -2.14. The number of hydrogen-bond donors (Lipinski definition) is 3. The van der Waals surface area contributed by atoms with E-state index >= 15 is 0 Å². The van der Waals surface area contributed by atoms with Crippen molar-refractivity contribution in [2.24, 2.45) is 0 Å². The molecule has 3 rings (SSSR count). The fourth-order valence-corrected chi connectivity index (χ4v) is 2.44. The van der Waals surface area contributed by atoms with Crippen LogP contribution in [0.4, 0.5) is 5.69 Å². The number of carbonyl (C=O) groups excluding carboxylic acids is 2. The maximum Gasteiger partial charge on any atom is 0.337 e. The molecule has 0 fully saturated rings. The molecule has 0 radical (unpaired) electrons. The molecule has 0 bridgehead atoms. The van der Waals surface area contributed by atoms with E-state index in [2.05, 4.69) is 10.1 Å². The van der Waals surface area contributed by atoms with E-state index in [4.69, 9.17) is 20.0 Å². The second kappa shape index (κ2) is 8.66. The van der Waals surface area contributed by atoms with Crippen LogP contribution in [0.25, 0.3) is 0 Å². The number of nitrogens with one attached hydrogen (secondary N) is 3. The van der Waals surface area contributed by atoms with Crippen LogP contribution in [0, 0.1) is 10.8 Å². The second-order valence-electron chi connectivity index (χ2n) is 5.84. The zero-order chi connectivity index (χ0) is 20.8. The van der Waals surface area contributed by atoms with Gasteiger partial charge < -0.3 is 19.2 Å². The van der Waals surface area contributed by atoms with Gasteiger partial charge in [0.05, 0.1) is 18.9 Å². The molecule has 2 aromatic carbocycles. The minimum atomic E-state index is -0.483. The van der Waals surface area contributed by atoms with Crippen molar-refractivity contribution in [3.63, 3.8) is 0 Å². The van der Waals surface area contributed by atoms with E-state index in [0.717, 1.165) is 0 Å². The number of ether oxygens (including phenoxy) is 2. The normalized spacial score (nSPS) is 10.1. The molecule has 0 aliphatic heterocycles. The zero-order valence-corrected chi connectivity index (χ0v) is 15.4. The maximum atomic E-state index is 12.4. The van der Waals surface area contributed by atoms with Crippen molar-refractivity contribution in [2.45, 2.75) is 0 Å². The largest absolute Gasteiger partial charge is 0.465 e. The Kier molecular flexibility index (Phi) is 5.84. The van der Waals surface area contributed by atoms with E-state index in [0.29, 0.717) is 22.4 Å². The van der Waals surface area contributed by atoms with Crippen LogP contribution in [0.15, 0.2) is 71.3 Å². The molecule has 0 atom stereocenters. The summed E-state index contributed by atoms with van der Waals surface area (Å²) in [6.45, 7) is 0. The smallest absolute Gasteiger partial charge is 0.337 e. The Morgan fingerprint density at radius 3 is 2.28 bits per heavy atom. The lowest BCUT2D eigenvalue weighted by atomic mass is 10.1. The second-order valence-corrected chi connectivity index (χ2v) is 5.84. The van der Waals surface area contributed by atoms with E-state index in [9.17, 15) is 9.59 Å². The average molecular weight is 391 g/mol. The zero-order valence-electron chi connectivity index (χ0n) is 15.4. The third kappa shape index (κ3) is 4.75. The van der Waals surface area contributed by atoms with Crippen molar-refractivity contribution < 1.29 is 23.5 Å². The highest BCUT2D eigenvalue weighted by atomic mass is 16.5. The first-order valence-corrected chi connectivity index (χ1v) is 8.47. The van der Waals surface area contributed by atoms with Crippen LogP contribution in [0.5, 0.6) is 0 Å². The van der Waals surface area contributed by atoms with Crippen LogP contribution in [0.1, 0.15) is 32.0 Å². The number of furan rings is 1. The third-order valence-electron chi connectivity index (χ3n) is 3.90. The number of hydrogen-bond acceptors (Lipinski definition) is 7. The minimum absolute atomic E-state index is 0.203. The maximum absolute atomic E-state index is 12.4. The lowest BCUT2D eigenvalue weighted by molar-refractivity contribution is 0.0600. The summed E-state index contributed by atoms with van der Waals surface area (Å²) in [4.78, 5) is 23.9. The first-order chi connectivity index (χ1) is 14.0. The van der Waals surface area contributed by atoms with Crippen LogP contribution in [0.2, 0.25) is 0 Å². The van der Waals surface area contributed by atoms with Gasteiger partial charge in [0, 0.05) is 16.8 Å². The Morgan fingerprint density at radius 1 is 0.897 bits per heavy atom. The predicted molar refractivity (Wildman–Crippen MR) is 106 cm³/mol. The Bertz CT molecular complexity index is 1060. The molecule has 3 aromatic rings. The molecule has 8 nitrogen and oxygen atoms in total. The molecular formula is C21H17N3O5. The number of carbonyl (C=O) groups is 2. The first-order valence-electron chi connectivity index (χ1n) is 8.47. The monoisotopic (exact) mass is 391 g/mol. The number of amides is 1. The van der Waals surface area contributed by atoms with E-state index in [1.165, 1.54) is 37.6 Å². The van der Waals surface area contributed by atoms with Gasteiger partial charge in [-0.2, -0.15) is 0 Å². The summed E-state index contributed by atoms with van der Waals surface area (Å²) in [5, 5.41) is 18.6. The number of benzene rings is 2. The van der Waals surface area contributed by atoms with E-state index in [1.807, 2.05) is 0 Å². The molecule has 146 valence electrons. The van der Waals surface area contributed by atoms with Crippen LogP contribution < -0.4 is 5.32 Å². The van der Waals surface area contributed by atoms with Gasteiger partial charge in [-0.25, -0.2) is 4.79 Å². The molecule has 1 aromatic heterocycles. The van der Waals surface area contributed by atoms with E-state index < -0.39 is 5.97 Å². The highest BCUT2D eigenvalue weighted by Crippen LogP contribution is 2.15. The Labute approximate surface area is 166 Å². The molecule has 0 aliphatic rings. The molecule has 8 heteroatoms. The number of anilines is 1. The van der Waals surface area contributed by atoms with Crippen molar-refractivity contribution in [3.05, 3.63) is 89.4 Å². The quantitative estimate of drug-likeness (QED) is 0.347. The molecule has 1 heterocycles. The molecule has 1 amide bonds. The summed E-state index contributed by atoms with van der Waals surface area (Å²) in [6.07, 6.45) is 1.41. The summed E-state index contributed by atoms with van der Waals surface area (Å²) in [6, 6.07) is 15.7. The SMILES string of the molecule is COC(=O)c1ccc(C(=O)Nc2cccc(C(=N)OC(=N)c3ccco3)c2)cc1. The van der Waals surface area contributed by atoms with E-state index in [-0.39, 0.29) is 23.5 Å². The van der Waals surface area contributed by atoms with Crippen LogP contribution in [-0.2, 0) is 9.47 Å². The number of esters is 1. The third-order valence-corrected chi connectivity index (χ3v) is 3.90. The van der Waals surface area contributed by atoms with Crippen molar-refractivity contribution >= 4 is 29.4 Å². The van der Waals surface area contributed by atoms with Gasteiger partial charge in [-0.15, -0.1) is 0 Å². The summed E-state index contributed by atoms with van der Waals surface area (Å²) in [5.74, 6) is -1.21. The van der Waals surface area contributed by atoms with Gasteiger partial charge in [-0.3, -0.25) is 15.6 Å². The van der Waals surface area contributed by atoms with Gasteiger partial charge >= 0.3 is 5.97 Å². The summed E-state index contributed by atoms with van der Waals surface area (Å²) >= 11 is 0. The van der Waals surface area contributed by atoms with Crippen molar-refractivity contribution in [3.8, 4) is 0 Å². The summed E-state index contributed by atoms with van der Waals surface area (Å²) < 4.78 is 14.9. The van der Waals surface area contributed by atoms with Crippen molar-refractivity contribution in [1.82, 2.24) is 0 Å². The van der Waals surface area contributed by atoms with Gasteiger partial charge in [0.15, 0.2) is 5.76 Å². The molecule has 0 aliphatic carbocycles. The fraction of sp³-hybridized carbons (Fsp3) is 0.0476. The Balaban J connectivity index is 1.67. The molecule has 0 saturated heterocycles. The van der Waals surface area contributed by atoms with Crippen molar-refractivity contribution in [1.29, 1.82) is 10.8 Å². The molecule has 3 N–H and O–H groups in total. The molecule has 0 unspecified atom stereocenters. The van der Waals surface area contributed by atoms with Gasteiger partial charge in [0.1, 0.15) is 0 Å². The molecule has 0 spiro atoms. The number of methoxy groups -OCH3 is 1. The highest BCUT2D eigenvalue weighted by Gasteiger charge is 2.13. The fourth-order valence-electron chi connectivity index (χ4n) is 2.44. The first kappa shape index (κ1) is 19.6. The molecular weight excluding hydrogens is 374 g/mol. The predicted octanol–water partition coefficient (Wildman–Crippen LogP) is 3.69. The standard InChI is InChI=1S/C21H17N3O5/c1-27-21(26)14-9-7-13(8-10-14)20(25)24-16-5-2-4-15(12-16)18(22)29-19(23)17-6-3-11-28-17/h2-12,22-23H,1H3,(H,24,25). The Morgan fingerprint density at radius 2 is 1.62 bits per heavy atom. The molecule has 29 heavy (non-hydrogen) atoms. The van der Waals surface area contributed by atoms with Gasteiger partial charge in [0.2, 0.25) is 5.90 Å².